The molecule has 1 N–H and O–H groups in total. The number of benzene rings is 1. The molecule has 2 bridgehead atoms. The first-order valence-electron chi connectivity index (χ1n) is 11.1. The Kier molecular flexibility index (Phi) is 4.91. The van der Waals surface area contributed by atoms with E-state index in [9.17, 15) is 13.2 Å². The molecule has 4 aromatic rings. The molecule has 2 atom stereocenters. The number of ether oxygens (including phenoxy) is 1. The molecule has 0 amide bonds. The Morgan fingerprint density at radius 1 is 0.941 bits per heavy atom. The molecule has 1 aromatic carbocycles. The van der Waals surface area contributed by atoms with Gasteiger partial charge >= 0.3 is 6.36 Å². The number of piperidine rings is 2. The topological polar surface area (TPSA) is 68.1 Å². The summed E-state index contributed by atoms with van der Waals surface area (Å²) >= 11 is 0. The first-order valence-corrected chi connectivity index (χ1v) is 11.1. The van der Waals surface area contributed by atoms with Gasteiger partial charge in [-0.1, -0.05) is 0 Å². The second-order valence-electron chi connectivity index (χ2n) is 8.55. The van der Waals surface area contributed by atoms with Crippen LogP contribution in [0.2, 0.25) is 0 Å². The molecule has 3 saturated heterocycles. The van der Waals surface area contributed by atoms with Crippen molar-refractivity contribution in [2.45, 2.75) is 31.3 Å². The van der Waals surface area contributed by atoms with Crippen molar-refractivity contribution in [2.24, 2.45) is 0 Å². The Morgan fingerprint density at radius 3 is 2.38 bits per heavy atom. The van der Waals surface area contributed by atoms with E-state index in [4.69, 9.17) is 9.97 Å². The van der Waals surface area contributed by atoms with E-state index < -0.39 is 6.36 Å². The van der Waals surface area contributed by atoms with Crippen LogP contribution in [-0.2, 0) is 0 Å². The first-order chi connectivity index (χ1) is 16.4. The minimum absolute atomic E-state index is 0.281. The van der Waals surface area contributed by atoms with Crippen LogP contribution in [0.5, 0.6) is 5.75 Å². The molecule has 174 valence electrons. The molecule has 7 rings (SSSR count). The third-order valence-electron chi connectivity index (χ3n) is 6.40. The standard InChI is InChI=1S/C24H21F3N6O/c25-24(26,27)34-19-5-1-15(2-6-19)22-30-20-7-8-21(32-14-16-3-4-18(32)13-29-16)31-23(20)33(22)17-9-11-28-12-10-17/h1-2,5-12,16,18,29H,3-4,13-14H2. The maximum atomic E-state index is 12.6. The number of halogens is 3. The van der Waals surface area contributed by atoms with Crippen molar-refractivity contribution in [1.29, 1.82) is 0 Å². The van der Waals surface area contributed by atoms with Crippen LogP contribution in [0.1, 0.15) is 12.8 Å². The van der Waals surface area contributed by atoms with Gasteiger partial charge in [-0.2, -0.15) is 0 Å². The van der Waals surface area contributed by atoms with E-state index in [0.29, 0.717) is 34.6 Å². The molecule has 2 unspecified atom stereocenters. The molecular weight excluding hydrogens is 445 g/mol. The predicted molar refractivity (Wildman–Crippen MR) is 121 cm³/mol. The van der Waals surface area contributed by atoms with Crippen LogP contribution in [0.25, 0.3) is 28.2 Å². The van der Waals surface area contributed by atoms with E-state index in [1.54, 1.807) is 24.5 Å². The summed E-state index contributed by atoms with van der Waals surface area (Å²) in [5.74, 6) is 1.20. The van der Waals surface area contributed by atoms with Gasteiger partial charge in [-0.15, -0.1) is 13.2 Å². The van der Waals surface area contributed by atoms with Gasteiger partial charge in [0.2, 0.25) is 0 Å². The highest BCUT2D eigenvalue weighted by Crippen LogP contribution is 2.33. The number of nitrogens with zero attached hydrogens (tertiary/aromatic N) is 5. The normalized spacial score (nSPS) is 20.1. The highest BCUT2D eigenvalue weighted by atomic mass is 19.4. The molecule has 0 saturated carbocycles. The van der Waals surface area contributed by atoms with Crippen molar-refractivity contribution in [3.05, 3.63) is 60.9 Å². The second-order valence-corrected chi connectivity index (χ2v) is 8.55. The molecule has 0 radical (unpaired) electrons. The molecule has 7 nitrogen and oxygen atoms in total. The third-order valence-corrected chi connectivity index (χ3v) is 6.40. The van der Waals surface area contributed by atoms with Crippen molar-refractivity contribution in [1.82, 2.24) is 24.8 Å². The number of imidazole rings is 1. The average Bonchev–Trinajstić information content (AvgIpc) is 3.23. The lowest BCUT2D eigenvalue weighted by Gasteiger charge is -2.46. The predicted octanol–water partition coefficient (Wildman–Crippen LogP) is 4.32. The van der Waals surface area contributed by atoms with E-state index in [1.807, 2.05) is 28.8 Å². The smallest absolute Gasteiger partial charge is 0.406 e. The van der Waals surface area contributed by atoms with Crippen molar-refractivity contribution < 1.29 is 17.9 Å². The van der Waals surface area contributed by atoms with Crippen LogP contribution < -0.4 is 15.0 Å². The van der Waals surface area contributed by atoms with Crippen molar-refractivity contribution >= 4 is 17.0 Å². The summed E-state index contributed by atoms with van der Waals surface area (Å²) in [4.78, 5) is 16.3. The van der Waals surface area contributed by atoms with Crippen LogP contribution >= 0.6 is 0 Å². The number of pyridine rings is 2. The highest BCUT2D eigenvalue weighted by molar-refractivity contribution is 5.81. The second kappa shape index (κ2) is 7.98. The average molecular weight is 466 g/mol. The van der Waals surface area contributed by atoms with Gasteiger partial charge in [-0.05, 0) is 61.4 Å². The molecular formula is C24H21F3N6O. The molecule has 6 heterocycles. The summed E-state index contributed by atoms with van der Waals surface area (Å²) in [5, 5.41) is 3.56. The maximum absolute atomic E-state index is 12.6. The molecule has 10 heteroatoms. The quantitative estimate of drug-likeness (QED) is 0.483. The summed E-state index contributed by atoms with van der Waals surface area (Å²) in [7, 11) is 0. The van der Waals surface area contributed by atoms with Gasteiger partial charge in [0.1, 0.15) is 22.9 Å². The fourth-order valence-corrected chi connectivity index (χ4v) is 4.83. The van der Waals surface area contributed by atoms with E-state index in [0.717, 1.165) is 31.0 Å². The van der Waals surface area contributed by atoms with Gasteiger partial charge in [0.15, 0.2) is 5.65 Å². The number of fused-ring (bicyclic) bond motifs is 4. The van der Waals surface area contributed by atoms with Gasteiger partial charge in [-0.25, -0.2) is 9.97 Å². The van der Waals surface area contributed by atoms with Crippen molar-refractivity contribution in [3.63, 3.8) is 0 Å². The van der Waals surface area contributed by atoms with Gasteiger partial charge in [0.05, 0.1) is 5.69 Å². The summed E-state index contributed by atoms with van der Waals surface area (Å²) in [6.07, 6.45) is 0.944. The molecule has 0 spiro atoms. The van der Waals surface area contributed by atoms with Gasteiger partial charge in [-0.3, -0.25) is 9.55 Å². The van der Waals surface area contributed by atoms with Gasteiger partial charge < -0.3 is 15.0 Å². The van der Waals surface area contributed by atoms with Crippen LogP contribution in [0.3, 0.4) is 0 Å². The lowest BCUT2D eigenvalue weighted by Crippen LogP contribution is -2.61. The van der Waals surface area contributed by atoms with E-state index in [-0.39, 0.29) is 5.75 Å². The molecule has 3 aliphatic rings. The lowest BCUT2D eigenvalue weighted by atomic mass is 9.93. The number of rotatable bonds is 4. The van der Waals surface area contributed by atoms with Gasteiger partial charge in [0, 0.05) is 43.1 Å². The number of aromatic nitrogens is 4. The Hall–Kier alpha value is -3.66. The molecule has 3 aliphatic heterocycles. The van der Waals surface area contributed by atoms with E-state index >= 15 is 0 Å². The number of hydrogen-bond acceptors (Lipinski definition) is 6. The van der Waals surface area contributed by atoms with Crippen molar-refractivity contribution in [2.75, 3.05) is 18.0 Å². The van der Waals surface area contributed by atoms with Crippen LogP contribution in [0.4, 0.5) is 19.0 Å². The Balaban J connectivity index is 1.45. The number of piperazine rings is 1. The van der Waals surface area contributed by atoms with Crippen LogP contribution in [0, 0.1) is 0 Å². The number of hydrogen-bond donors (Lipinski definition) is 1. The first kappa shape index (κ1) is 20.9. The van der Waals surface area contributed by atoms with Gasteiger partial charge in [0.25, 0.3) is 0 Å². The largest absolute Gasteiger partial charge is 0.573 e. The lowest BCUT2D eigenvalue weighted by molar-refractivity contribution is -0.274. The monoisotopic (exact) mass is 466 g/mol. The summed E-state index contributed by atoms with van der Waals surface area (Å²) in [6, 6.07) is 14.2. The maximum Gasteiger partial charge on any atom is 0.573 e. The Morgan fingerprint density at radius 2 is 1.74 bits per heavy atom. The minimum atomic E-state index is -4.74. The zero-order chi connectivity index (χ0) is 23.3. The number of anilines is 1. The summed E-state index contributed by atoms with van der Waals surface area (Å²) < 4.78 is 43.7. The summed E-state index contributed by atoms with van der Waals surface area (Å²) in [5.41, 5.74) is 2.84. The summed E-state index contributed by atoms with van der Waals surface area (Å²) in [6.45, 7) is 1.87. The van der Waals surface area contributed by atoms with Crippen LogP contribution in [0.15, 0.2) is 60.9 Å². The molecule has 0 aliphatic carbocycles. The minimum Gasteiger partial charge on any atom is -0.406 e. The van der Waals surface area contributed by atoms with E-state index in [2.05, 4.69) is 19.9 Å². The Bertz CT molecular complexity index is 1310. The van der Waals surface area contributed by atoms with Crippen LogP contribution in [-0.4, -0.2) is 51.1 Å². The fourth-order valence-electron chi connectivity index (χ4n) is 4.83. The highest BCUT2D eigenvalue weighted by Gasteiger charge is 2.34. The molecule has 3 aromatic heterocycles. The Labute approximate surface area is 193 Å². The zero-order valence-electron chi connectivity index (χ0n) is 18.0. The number of nitrogens with one attached hydrogen (secondary N) is 1. The SMILES string of the molecule is FC(F)(F)Oc1ccc(-c2nc3ccc(N4CC5CCC4CN5)nc3n2-c2ccncc2)cc1. The number of alkyl halides is 3. The fraction of sp³-hybridized carbons (Fsp3) is 0.292. The third kappa shape index (κ3) is 3.83. The molecule has 34 heavy (non-hydrogen) atoms. The zero-order valence-corrected chi connectivity index (χ0v) is 18.0. The van der Waals surface area contributed by atoms with Crippen molar-refractivity contribution in [3.8, 4) is 22.8 Å². The molecule has 3 fully saturated rings. The van der Waals surface area contributed by atoms with E-state index in [1.165, 1.54) is 18.6 Å².